The van der Waals surface area contributed by atoms with Crippen LogP contribution in [-0.2, 0) is 11.2 Å². The Balaban J connectivity index is 2.15. The molecule has 0 aliphatic heterocycles. The van der Waals surface area contributed by atoms with Gasteiger partial charge < -0.3 is 9.26 Å². The minimum atomic E-state index is -0.401. The van der Waals surface area contributed by atoms with Gasteiger partial charge in [0.05, 0.1) is 6.61 Å². The van der Waals surface area contributed by atoms with Crippen LogP contribution in [0.1, 0.15) is 30.0 Å². The highest BCUT2D eigenvalue weighted by Crippen LogP contribution is 2.42. The summed E-state index contributed by atoms with van der Waals surface area (Å²) in [6.45, 7) is 4.03. The summed E-state index contributed by atoms with van der Waals surface area (Å²) in [6.07, 6.45) is 0.563. The Labute approximate surface area is 165 Å². The Morgan fingerprint density at radius 2 is 1.56 bits per heavy atom. The van der Waals surface area contributed by atoms with Gasteiger partial charge in [0.15, 0.2) is 5.76 Å². The summed E-state index contributed by atoms with van der Waals surface area (Å²) in [5, 5.41) is 8.42. The zero-order chi connectivity index (χ0) is 19.0. The van der Waals surface area contributed by atoms with Gasteiger partial charge in [-0.15, -0.1) is 0 Å². The maximum Gasteiger partial charge on any atom is 0.344 e. The zero-order valence-corrected chi connectivity index (χ0v) is 16.7. The van der Waals surface area contributed by atoms with Crippen molar-refractivity contribution in [2.45, 2.75) is 20.3 Å². The normalized spacial score (nSPS) is 11.2. The predicted molar refractivity (Wildman–Crippen MR) is 110 cm³/mol. The van der Waals surface area contributed by atoms with Gasteiger partial charge in [-0.1, -0.05) is 60.6 Å². The molecule has 4 rings (SSSR count). The second kappa shape index (κ2) is 7.16. The van der Waals surface area contributed by atoms with Crippen LogP contribution in [-0.4, -0.2) is 17.7 Å². The van der Waals surface area contributed by atoms with E-state index in [1.54, 1.807) is 6.92 Å². The smallest absolute Gasteiger partial charge is 0.344 e. The Morgan fingerprint density at radius 3 is 2.07 bits per heavy atom. The number of carbonyl (C=O) groups excluding carboxylic acids is 1. The topological polar surface area (TPSA) is 52.3 Å². The van der Waals surface area contributed by atoms with Gasteiger partial charge in [-0.2, -0.15) is 0 Å². The fourth-order valence-corrected chi connectivity index (χ4v) is 4.17. The molecule has 0 spiro atoms. The van der Waals surface area contributed by atoms with Crippen LogP contribution in [0.25, 0.3) is 32.8 Å². The lowest BCUT2D eigenvalue weighted by atomic mass is 9.92. The van der Waals surface area contributed by atoms with Crippen molar-refractivity contribution < 1.29 is 14.1 Å². The van der Waals surface area contributed by atoms with Crippen molar-refractivity contribution in [2.24, 2.45) is 0 Å². The summed E-state index contributed by atoms with van der Waals surface area (Å²) < 4.78 is 11.8. The summed E-state index contributed by atoms with van der Waals surface area (Å²) in [4.78, 5) is 12.7. The lowest BCUT2D eigenvalue weighted by molar-refractivity contribution is 0.0524. The second-order valence-electron chi connectivity index (χ2n) is 6.18. The maximum absolute atomic E-state index is 12.7. The SMILES string of the molecule is CCOC(=O)c1c(-c2c3ccccc3c(Br)c3ccccc23)noc1CC. The number of hydrogen-bond acceptors (Lipinski definition) is 4. The molecule has 3 aromatic carbocycles. The molecule has 0 aliphatic carbocycles. The lowest BCUT2D eigenvalue weighted by Gasteiger charge is -2.13. The number of hydrogen-bond donors (Lipinski definition) is 0. The number of carbonyl (C=O) groups is 1. The summed E-state index contributed by atoms with van der Waals surface area (Å²) >= 11 is 3.74. The van der Waals surface area contributed by atoms with Gasteiger partial charge in [0, 0.05) is 16.5 Å². The van der Waals surface area contributed by atoms with Crippen LogP contribution in [0.2, 0.25) is 0 Å². The van der Waals surface area contributed by atoms with Crippen LogP contribution in [0.4, 0.5) is 0 Å². The molecule has 0 radical (unpaired) electrons. The quantitative estimate of drug-likeness (QED) is 0.291. The van der Waals surface area contributed by atoms with Crippen LogP contribution in [0, 0.1) is 0 Å². The summed E-state index contributed by atoms with van der Waals surface area (Å²) in [5.74, 6) is 0.140. The van der Waals surface area contributed by atoms with Crippen molar-refractivity contribution in [1.82, 2.24) is 5.16 Å². The predicted octanol–water partition coefficient (Wildman–Crippen LogP) is 6.15. The molecule has 4 nitrogen and oxygen atoms in total. The largest absolute Gasteiger partial charge is 0.462 e. The van der Waals surface area contributed by atoms with Gasteiger partial charge in [0.1, 0.15) is 11.3 Å². The van der Waals surface area contributed by atoms with E-state index in [9.17, 15) is 4.79 Å². The number of ether oxygens (including phenoxy) is 1. The van der Waals surface area contributed by atoms with E-state index in [0.29, 0.717) is 30.0 Å². The summed E-state index contributed by atoms with van der Waals surface area (Å²) in [6, 6.07) is 16.2. The number of benzene rings is 3. The third-order valence-electron chi connectivity index (χ3n) is 4.67. The highest BCUT2D eigenvalue weighted by atomic mass is 79.9. The zero-order valence-electron chi connectivity index (χ0n) is 15.1. The molecular weight excluding hydrogens is 406 g/mol. The van der Waals surface area contributed by atoms with Crippen molar-refractivity contribution in [3.05, 3.63) is 64.3 Å². The number of rotatable bonds is 4. The molecule has 0 aliphatic rings. The van der Waals surface area contributed by atoms with Crippen molar-refractivity contribution in [1.29, 1.82) is 0 Å². The van der Waals surface area contributed by atoms with E-state index in [0.717, 1.165) is 31.6 Å². The van der Waals surface area contributed by atoms with E-state index in [-0.39, 0.29) is 0 Å². The molecule has 0 saturated carbocycles. The fourth-order valence-electron chi connectivity index (χ4n) is 3.48. The molecule has 0 bridgehead atoms. The first-order chi connectivity index (χ1) is 13.2. The molecule has 136 valence electrons. The van der Waals surface area contributed by atoms with E-state index < -0.39 is 5.97 Å². The Hall–Kier alpha value is -2.66. The van der Waals surface area contributed by atoms with E-state index in [1.165, 1.54) is 0 Å². The minimum Gasteiger partial charge on any atom is -0.462 e. The molecule has 5 heteroatoms. The van der Waals surface area contributed by atoms with Crippen molar-refractivity contribution in [2.75, 3.05) is 6.61 Å². The Morgan fingerprint density at radius 1 is 1.00 bits per heavy atom. The molecular formula is C22H18BrNO3. The molecule has 0 atom stereocenters. The van der Waals surface area contributed by atoms with E-state index in [4.69, 9.17) is 9.26 Å². The summed E-state index contributed by atoms with van der Waals surface area (Å²) in [5.41, 5.74) is 1.83. The molecule has 0 unspecified atom stereocenters. The van der Waals surface area contributed by atoms with Crippen molar-refractivity contribution >= 4 is 43.4 Å². The average molecular weight is 424 g/mol. The Bertz CT molecular complexity index is 1110. The molecule has 0 fully saturated rings. The van der Waals surface area contributed by atoms with Crippen LogP contribution in [0.5, 0.6) is 0 Å². The molecule has 0 amide bonds. The third kappa shape index (κ3) is 2.82. The minimum absolute atomic E-state index is 0.300. The third-order valence-corrected chi connectivity index (χ3v) is 5.52. The Kier molecular flexibility index (Phi) is 4.70. The van der Waals surface area contributed by atoms with Gasteiger partial charge >= 0.3 is 5.97 Å². The van der Waals surface area contributed by atoms with E-state index in [2.05, 4.69) is 33.2 Å². The number of aryl methyl sites for hydroxylation is 1. The highest BCUT2D eigenvalue weighted by molar-refractivity contribution is 9.10. The molecule has 0 saturated heterocycles. The van der Waals surface area contributed by atoms with Gasteiger partial charge in [-0.3, -0.25) is 0 Å². The number of halogens is 1. The number of esters is 1. The van der Waals surface area contributed by atoms with Crippen LogP contribution < -0.4 is 0 Å². The first kappa shape index (κ1) is 17.7. The van der Waals surface area contributed by atoms with Gasteiger partial charge in [0.25, 0.3) is 0 Å². The second-order valence-corrected chi connectivity index (χ2v) is 6.98. The fraction of sp³-hybridized carbons (Fsp3) is 0.182. The van der Waals surface area contributed by atoms with Crippen molar-refractivity contribution in [3.8, 4) is 11.3 Å². The molecule has 1 heterocycles. The van der Waals surface area contributed by atoms with E-state index >= 15 is 0 Å². The molecule has 1 aromatic heterocycles. The van der Waals surface area contributed by atoms with E-state index in [1.807, 2.05) is 43.3 Å². The number of fused-ring (bicyclic) bond motifs is 2. The molecule has 27 heavy (non-hydrogen) atoms. The standard InChI is InChI=1S/C22H18BrNO3/c1-3-17-19(22(25)26-4-2)21(24-27-17)18-13-9-5-7-11-15(13)20(23)16-12-8-6-10-14(16)18/h5-12H,3-4H2,1-2H3. The monoisotopic (exact) mass is 423 g/mol. The first-order valence-corrected chi connectivity index (χ1v) is 9.71. The summed E-state index contributed by atoms with van der Waals surface area (Å²) in [7, 11) is 0. The maximum atomic E-state index is 12.7. The van der Waals surface area contributed by atoms with Crippen LogP contribution in [0.15, 0.2) is 57.5 Å². The average Bonchev–Trinajstić information content (AvgIpc) is 3.12. The first-order valence-electron chi connectivity index (χ1n) is 8.92. The highest BCUT2D eigenvalue weighted by Gasteiger charge is 2.27. The van der Waals surface area contributed by atoms with Gasteiger partial charge in [-0.05, 0) is 44.4 Å². The number of nitrogens with zero attached hydrogens (tertiary/aromatic N) is 1. The lowest BCUT2D eigenvalue weighted by Crippen LogP contribution is -2.08. The van der Waals surface area contributed by atoms with Gasteiger partial charge in [0.2, 0.25) is 0 Å². The van der Waals surface area contributed by atoms with Gasteiger partial charge in [-0.25, -0.2) is 4.79 Å². The molecule has 0 N–H and O–H groups in total. The molecule has 4 aromatic rings. The van der Waals surface area contributed by atoms with Crippen molar-refractivity contribution in [3.63, 3.8) is 0 Å². The van der Waals surface area contributed by atoms with Crippen LogP contribution >= 0.6 is 15.9 Å². The number of aromatic nitrogens is 1. The van der Waals surface area contributed by atoms with Crippen LogP contribution in [0.3, 0.4) is 0 Å².